The van der Waals surface area contributed by atoms with Crippen LogP contribution in [0, 0.1) is 0 Å². The van der Waals surface area contributed by atoms with Gasteiger partial charge in [0.15, 0.2) is 0 Å². The Morgan fingerprint density at radius 1 is 1.12 bits per heavy atom. The van der Waals surface area contributed by atoms with E-state index in [0.29, 0.717) is 17.9 Å². The second-order valence-corrected chi connectivity index (χ2v) is 6.21. The van der Waals surface area contributed by atoms with E-state index in [1.807, 2.05) is 36.4 Å². The minimum Gasteiger partial charge on any atom is -0.496 e. The van der Waals surface area contributed by atoms with Crippen molar-refractivity contribution in [2.75, 3.05) is 7.11 Å². The van der Waals surface area contributed by atoms with E-state index in [1.54, 1.807) is 7.11 Å². The van der Waals surface area contributed by atoms with Gasteiger partial charge in [-0.3, -0.25) is 4.79 Å². The van der Waals surface area contributed by atoms with Gasteiger partial charge in [-0.1, -0.05) is 50.2 Å². The highest BCUT2D eigenvalue weighted by molar-refractivity contribution is 6.10. The molecule has 0 saturated heterocycles. The largest absolute Gasteiger partial charge is 0.496 e. The van der Waals surface area contributed by atoms with Crippen molar-refractivity contribution in [1.29, 1.82) is 0 Å². The summed E-state index contributed by atoms with van der Waals surface area (Å²) in [6.45, 7) is 4.84. The van der Waals surface area contributed by atoms with Crippen molar-refractivity contribution in [3.63, 3.8) is 0 Å². The second-order valence-electron chi connectivity index (χ2n) is 6.21. The van der Waals surface area contributed by atoms with Gasteiger partial charge < -0.3 is 15.0 Å². The third-order valence-electron chi connectivity index (χ3n) is 4.29. The maximum atomic E-state index is 12.2. The molecule has 0 aliphatic heterocycles. The molecular weight excluding hydrogens is 300 g/mol. The number of methoxy groups -OCH3 is 1. The summed E-state index contributed by atoms with van der Waals surface area (Å²) < 4.78 is 7.67. The fraction of sp³-hybridized carbons (Fsp3) is 0.250. The predicted molar refractivity (Wildman–Crippen MR) is 96.6 cm³/mol. The van der Waals surface area contributed by atoms with Crippen LogP contribution >= 0.6 is 0 Å². The molecule has 124 valence electrons. The lowest BCUT2D eigenvalue weighted by Gasteiger charge is -2.14. The highest BCUT2D eigenvalue weighted by atomic mass is 16.5. The van der Waals surface area contributed by atoms with Gasteiger partial charge in [-0.05, 0) is 23.6 Å². The Bertz CT molecular complexity index is 880. The summed E-state index contributed by atoms with van der Waals surface area (Å²) in [5.74, 6) is 0.420. The van der Waals surface area contributed by atoms with E-state index in [0.717, 1.165) is 16.6 Å². The summed E-state index contributed by atoms with van der Waals surface area (Å²) in [6, 6.07) is 16.0. The zero-order valence-corrected chi connectivity index (χ0v) is 14.2. The van der Waals surface area contributed by atoms with Crippen LogP contribution in [0.25, 0.3) is 10.9 Å². The van der Waals surface area contributed by atoms with E-state index in [2.05, 4.69) is 30.5 Å². The van der Waals surface area contributed by atoms with Crippen LogP contribution in [0.5, 0.6) is 5.75 Å². The first-order valence-corrected chi connectivity index (χ1v) is 8.07. The number of fused-ring (bicyclic) bond motifs is 1. The minimum absolute atomic E-state index is 0.160. The molecule has 0 radical (unpaired) electrons. The summed E-state index contributed by atoms with van der Waals surface area (Å²) in [4.78, 5) is 12.2. The van der Waals surface area contributed by atoms with E-state index >= 15 is 0 Å². The number of nitrogens with zero attached hydrogens (tertiary/aromatic N) is 1. The molecule has 2 aromatic carbocycles. The molecule has 1 amide bonds. The van der Waals surface area contributed by atoms with Gasteiger partial charge in [0.2, 0.25) is 0 Å². The molecule has 24 heavy (non-hydrogen) atoms. The molecule has 0 spiro atoms. The van der Waals surface area contributed by atoms with Crippen molar-refractivity contribution in [2.24, 2.45) is 5.73 Å². The van der Waals surface area contributed by atoms with Gasteiger partial charge in [0, 0.05) is 12.2 Å². The number of benzene rings is 2. The number of hydrogen-bond acceptors (Lipinski definition) is 2. The van der Waals surface area contributed by atoms with Gasteiger partial charge in [0.1, 0.15) is 5.75 Å². The normalized spacial score (nSPS) is 11.2. The molecule has 1 aromatic heterocycles. The zero-order valence-electron chi connectivity index (χ0n) is 14.2. The molecule has 3 rings (SSSR count). The number of carbonyl (C=O) groups is 1. The highest BCUT2D eigenvalue weighted by Gasteiger charge is 2.25. The van der Waals surface area contributed by atoms with E-state index in [9.17, 15) is 4.79 Å². The minimum atomic E-state index is -0.417. The van der Waals surface area contributed by atoms with E-state index in [1.165, 1.54) is 5.56 Å². The summed E-state index contributed by atoms with van der Waals surface area (Å²) in [5.41, 5.74) is 9.40. The topological polar surface area (TPSA) is 57.2 Å². The predicted octanol–water partition coefficient (Wildman–Crippen LogP) is 3.92. The van der Waals surface area contributed by atoms with Crippen molar-refractivity contribution in [3.05, 3.63) is 65.4 Å². The van der Waals surface area contributed by atoms with Crippen LogP contribution < -0.4 is 10.5 Å². The Kier molecular flexibility index (Phi) is 4.30. The standard InChI is InChI=1S/C20H22N2O2/c1-13(2)19-18(20(21)23)17-15(10-7-11-16(17)24-3)22(19)12-14-8-5-4-6-9-14/h4-11,13H,12H2,1-3H3,(H2,21,23). The van der Waals surface area contributed by atoms with Crippen LogP contribution in [-0.4, -0.2) is 17.6 Å². The molecule has 1 heterocycles. The molecule has 2 N–H and O–H groups in total. The smallest absolute Gasteiger partial charge is 0.251 e. The Hall–Kier alpha value is -2.75. The van der Waals surface area contributed by atoms with Crippen LogP contribution in [-0.2, 0) is 6.54 Å². The summed E-state index contributed by atoms with van der Waals surface area (Å²) >= 11 is 0. The van der Waals surface area contributed by atoms with Crippen LogP contribution in [0.15, 0.2) is 48.5 Å². The van der Waals surface area contributed by atoms with Crippen LogP contribution in [0.1, 0.15) is 41.4 Å². The number of ether oxygens (including phenoxy) is 1. The molecule has 4 nitrogen and oxygen atoms in total. The SMILES string of the molecule is COc1cccc2c1c(C(N)=O)c(C(C)C)n2Cc1ccccc1. The molecule has 0 unspecified atom stereocenters. The Balaban J connectivity index is 2.34. The number of nitrogens with two attached hydrogens (primary N) is 1. The quantitative estimate of drug-likeness (QED) is 0.774. The van der Waals surface area contributed by atoms with Crippen LogP contribution in [0.2, 0.25) is 0 Å². The molecule has 0 fully saturated rings. The van der Waals surface area contributed by atoms with Gasteiger partial charge >= 0.3 is 0 Å². The monoisotopic (exact) mass is 322 g/mol. The Morgan fingerprint density at radius 2 is 1.83 bits per heavy atom. The number of amides is 1. The first-order valence-electron chi connectivity index (χ1n) is 8.07. The van der Waals surface area contributed by atoms with Crippen molar-refractivity contribution < 1.29 is 9.53 Å². The fourth-order valence-corrected chi connectivity index (χ4v) is 3.34. The lowest BCUT2D eigenvalue weighted by Crippen LogP contribution is -2.16. The Labute approximate surface area is 141 Å². The van der Waals surface area contributed by atoms with E-state index in [4.69, 9.17) is 10.5 Å². The average molecular weight is 322 g/mol. The molecular formula is C20H22N2O2. The van der Waals surface area contributed by atoms with Crippen molar-refractivity contribution in [1.82, 2.24) is 4.57 Å². The molecule has 0 saturated carbocycles. The van der Waals surface area contributed by atoms with Crippen molar-refractivity contribution in [3.8, 4) is 5.75 Å². The average Bonchev–Trinajstić information content (AvgIpc) is 2.90. The van der Waals surface area contributed by atoms with Crippen molar-refractivity contribution >= 4 is 16.8 Å². The van der Waals surface area contributed by atoms with E-state index < -0.39 is 5.91 Å². The Morgan fingerprint density at radius 3 is 2.42 bits per heavy atom. The van der Waals surface area contributed by atoms with Crippen LogP contribution in [0.4, 0.5) is 0 Å². The van der Waals surface area contributed by atoms with Gasteiger partial charge in [-0.2, -0.15) is 0 Å². The zero-order chi connectivity index (χ0) is 17.3. The van der Waals surface area contributed by atoms with E-state index in [-0.39, 0.29) is 5.92 Å². The maximum Gasteiger partial charge on any atom is 0.251 e. The van der Waals surface area contributed by atoms with Gasteiger partial charge in [-0.25, -0.2) is 0 Å². The lowest BCUT2D eigenvalue weighted by molar-refractivity contribution is 0.1000. The number of hydrogen-bond donors (Lipinski definition) is 1. The fourth-order valence-electron chi connectivity index (χ4n) is 3.34. The number of aromatic nitrogens is 1. The second kappa shape index (κ2) is 6.40. The first kappa shape index (κ1) is 16.1. The molecule has 3 aromatic rings. The molecule has 4 heteroatoms. The lowest BCUT2D eigenvalue weighted by atomic mass is 10.0. The first-order chi connectivity index (χ1) is 11.5. The van der Waals surface area contributed by atoms with Gasteiger partial charge in [0.05, 0.1) is 23.6 Å². The number of rotatable bonds is 5. The molecule has 0 aliphatic carbocycles. The molecule has 0 bridgehead atoms. The van der Waals surface area contributed by atoms with Gasteiger partial charge in [0.25, 0.3) is 5.91 Å². The van der Waals surface area contributed by atoms with Crippen LogP contribution in [0.3, 0.4) is 0 Å². The van der Waals surface area contributed by atoms with Gasteiger partial charge in [-0.15, -0.1) is 0 Å². The third-order valence-corrected chi connectivity index (χ3v) is 4.29. The number of primary amides is 1. The summed E-state index contributed by atoms with van der Waals surface area (Å²) in [6.07, 6.45) is 0. The highest BCUT2D eigenvalue weighted by Crippen LogP contribution is 2.37. The maximum absolute atomic E-state index is 12.2. The van der Waals surface area contributed by atoms with Crippen molar-refractivity contribution in [2.45, 2.75) is 26.3 Å². The molecule has 0 atom stereocenters. The third kappa shape index (κ3) is 2.64. The summed E-state index contributed by atoms with van der Waals surface area (Å²) in [5, 5.41) is 0.798. The number of carbonyl (C=O) groups excluding carboxylic acids is 1. The summed E-state index contributed by atoms with van der Waals surface area (Å²) in [7, 11) is 1.61. The molecule has 0 aliphatic rings.